The summed E-state index contributed by atoms with van der Waals surface area (Å²) < 4.78 is 5.75. The van der Waals surface area contributed by atoms with E-state index in [9.17, 15) is 14.7 Å². The highest BCUT2D eigenvalue weighted by Gasteiger charge is 2.27. The Hall–Kier alpha value is -3.28. The summed E-state index contributed by atoms with van der Waals surface area (Å²) >= 11 is 1.33. The monoisotopic (exact) mass is 510 g/mol. The van der Waals surface area contributed by atoms with Crippen LogP contribution in [0.2, 0.25) is 0 Å². The first kappa shape index (κ1) is 24.4. The van der Waals surface area contributed by atoms with Gasteiger partial charge in [-0.05, 0) is 49.1 Å². The number of aromatic nitrogens is 2. The maximum absolute atomic E-state index is 11.8. The van der Waals surface area contributed by atoms with Crippen LogP contribution in [0.3, 0.4) is 0 Å². The van der Waals surface area contributed by atoms with Crippen molar-refractivity contribution in [2.24, 2.45) is 10.7 Å². The van der Waals surface area contributed by atoms with E-state index in [1.54, 1.807) is 18.2 Å². The Morgan fingerprint density at radius 1 is 1.17 bits per heavy atom. The van der Waals surface area contributed by atoms with Crippen molar-refractivity contribution in [3.63, 3.8) is 0 Å². The van der Waals surface area contributed by atoms with E-state index >= 15 is 0 Å². The highest BCUT2D eigenvalue weighted by molar-refractivity contribution is 8.15. The number of aliphatic imine (C=N–C) groups is 1. The predicted molar refractivity (Wildman–Crippen MR) is 142 cm³/mol. The van der Waals surface area contributed by atoms with Crippen LogP contribution >= 0.6 is 11.8 Å². The Morgan fingerprint density at radius 2 is 1.94 bits per heavy atom. The molecule has 3 heterocycles. The Morgan fingerprint density at radius 3 is 2.67 bits per heavy atom. The zero-order valence-electron chi connectivity index (χ0n) is 19.8. The summed E-state index contributed by atoms with van der Waals surface area (Å²) in [5.74, 6) is 0.387. The fraction of sp³-hybridized carbons (Fsp3) is 0.400. The molecule has 3 aromatic rings. The van der Waals surface area contributed by atoms with E-state index in [1.165, 1.54) is 17.4 Å². The van der Waals surface area contributed by atoms with Crippen molar-refractivity contribution in [1.29, 1.82) is 0 Å². The summed E-state index contributed by atoms with van der Waals surface area (Å²) in [7, 11) is 0. The molecule has 2 aromatic carbocycles. The molecule has 0 bridgehead atoms. The number of anilines is 1. The molecule has 1 aromatic heterocycles. The van der Waals surface area contributed by atoms with Crippen molar-refractivity contribution in [3.05, 3.63) is 58.5 Å². The molecule has 2 aliphatic rings. The molecule has 11 heteroatoms. The maximum Gasteiger partial charge on any atom is 0.323 e. The number of hydrogen-bond donors (Lipinski definition) is 5. The second-order valence-corrected chi connectivity index (χ2v) is 10.4. The van der Waals surface area contributed by atoms with E-state index in [-0.39, 0.29) is 23.5 Å². The molecule has 1 amide bonds. The molecule has 36 heavy (non-hydrogen) atoms. The number of amidine groups is 1. The highest BCUT2D eigenvalue weighted by Crippen LogP contribution is 2.26. The summed E-state index contributed by atoms with van der Waals surface area (Å²) in [6.45, 7) is 2.42. The predicted octanol–water partition coefficient (Wildman–Crippen LogP) is 1.35. The van der Waals surface area contributed by atoms with Crippen molar-refractivity contribution in [2.45, 2.75) is 36.7 Å². The first-order chi connectivity index (χ1) is 17.4. The van der Waals surface area contributed by atoms with Gasteiger partial charge in [0, 0.05) is 31.4 Å². The number of nitrogens with two attached hydrogens (primary N) is 1. The zero-order valence-corrected chi connectivity index (χ0v) is 20.6. The average Bonchev–Trinajstić information content (AvgIpc) is 3.42. The third kappa shape index (κ3) is 5.75. The van der Waals surface area contributed by atoms with E-state index in [0.29, 0.717) is 41.0 Å². The fourth-order valence-corrected chi connectivity index (χ4v) is 5.49. The number of benzene rings is 2. The van der Waals surface area contributed by atoms with Crippen molar-refractivity contribution >= 4 is 39.6 Å². The number of ether oxygens (including phenoxy) is 1. The van der Waals surface area contributed by atoms with Crippen LogP contribution in [0.25, 0.3) is 11.0 Å². The number of carbonyl (C=O) groups is 1. The minimum absolute atomic E-state index is 0.133. The lowest BCUT2D eigenvalue weighted by atomic mass is 10.0. The smallest absolute Gasteiger partial charge is 0.323 e. The van der Waals surface area contributed by atoms with Crippen LogP contribution in [0.15, 0.2) is 52.3 Å². The second-order valence-electron chi connectivity index (χ2n) is 9.16. The number of H-pyrrole nitrogens is 2. The largest absolute Gasteiger partial charge is 0.489 e. The summed E-state index contributed by atoms with van der Waals surface area (Å²) in [4.78, 5) is 34.9. The normalized spacial score (nSPS) is 19.6. The van der Waals surface area contributed by atoms with Crippen molar-refractivity contribution in [2.75, 3.05) is 31.1 Å². The minimum atomic E-state index is -0.665. The maximum atomic E-state index is 11.8. The number of fused-ring (bicyclic) bond motifs is 1. The van der Waals surface area contributed by atoms with Crippen molar-refractivity contribution in [1.82, 2.24) is 15.3 Å². The number of amides is 1. The van der Waals surface area contributed by atoms with Gasteiger partial charge in [0.15, 0.2) is 5.17 Å². The number of nitrogens with zero attached hydrogens (tertiary/aromatic N) is 2. The van der Waals surface area contributed by atoms with Crippen LogP contribution < -0.4 is 26.4 Å². The second kappa shape index (κ2) is 10.8. The molecule has 2 atom stereocenters. The SMILES string of the molecule is NC1=NC(=O)C(Cc2ccc(N3CCC(NC[C@@H](O)COc4cccc5[nH]c(=O)[nH]c45)CC3)cc2)S1. The van der Waals surface area contributed by atoms with Crippen molar-refractivity contribution < 1.29 is 14.6 Å². The quantitative estimate of drug-likeness (QED) is 0.290. The first-order valence-electron chi connectivity index (χ1n) is 12.1. The molecule has 6 N–H and O–H groups in total. The number of carbonyl (C=O) groups excluding carboxylic acids is 1. The van der Waals surface area contributed by atoms with Gasteiger partial charge in [0.1, 0.15) is 24.0 Å². The van der Waals surface area contributed by atoms with Crippen LogP contribution in [0.1, 0.15) is 18.4 Å². The number of imidazole rings is 1. The molecule has 5 rings (SSSR count). The van der Waals surface area contributed by atoms with Crippen LogP contribution in [0, 0.1) is 0 Å². The van der Waals surface area contributed by atoms with Crippen LogP contribution in [-0.4, -0.2) is 69.8 Å². The van der Waals surface area contributed by atoms with Gasteiger partial charge in [0.25, 0.3) is 5.91 Å². The van der Waals surface area contributed by atoms with E-state index in [1.807, 2.05) is 0 Å². The lowest BCUT2D eigenvalue weighted by molar-refractivity contribution is -0.117. The van der Waals surface area contributed by atoms with Crippen LogP contribution in [0.5, 0.6) is 5.75 Å². The number of aromatic amines is 2. The van der Waals surface area contributed by atoms with E-state index in [0.717, 1.165) is 31.5 Å². The number of thioether (sulfide) groups is 1. The Labute approximate surface area is 212 Å². The molecule has 10 nitrogen and oxygen atoms in total. The van der Waals surface area contributed by atoms with Crippen LogP contribution in [0.4, 0.5) is 5.69 Å². The average molecular weight is 511 g/mol. The van der Waals surface area contributed by atoms with Gasteiger partial charge < -0.3 is 35.8 Å². The molecule has 0 spiro atoms. The third-order valence-electron chi connectivity index (χ3n) is 6.56. The Balaban J connectivity index is 1.04. The highest BCUT2D eigenvalue weighted by atomic mass is 32.2. The van der Waals surface area contributed by atoms with Gasteiger partial charge in [-0.3, -0.25) is 4.79 Å². The standard InChI is InChI=1S/C25H30N6O4S/c26-24-30-23(33)21(36-24)12-15-4-6-17(7-5-15)31-10-8-16(9-11-31)27-13-18(32)14-35-20-3-1-2-19-22(20)29-25(34)28-19/h1-7,16,18,21,27,32H,8-14H2,(H2,26,30,33)(H2,28,29,34)/t18-,21?/m1/s1. The molecule has 1 saturated heterocycles. The number of nitrogens with one attached hydrogen (secondary N) is 3. The van der Waals surface area contributed by atoms with E-state index in [4.69, 9.17) is 10.5 Å². The molecular formula is C25H30N6O4S. The summed E-state index contributed by atoms with van der Waals surface area (Å²) in [5.41, 5.74) is 8.91. The zero-order chi connectivity index (χ0) is 25.1. The number of piperidine rings is 1. The number of aliphatic hydroxyl groups is 1. The van der Waals surface area contributed by atoms with E-state index < -0.39 is 6.10 Å². The van der Waals surface area contributed by atoms with Gasteiger partial charge in [0.05, 0.1) is 10.8 Å². The topological polar surface area (TPSA) is 149 Å². The molecule has 0 aliphatic carbocycles. The van der Waals surface area contributed by atoms with Gasteiger partial charge in [-0.2, -0.15) is 4.99 Å². The van der Waals surface area contributed by atoms with Gasteiger partial charge in [-0.1, -0.05) is 30.0 Å². The van der Waals surface area contributed by atoms with Gasteiger partial charge in [-0.15, -0.1) is 0 Å². The number of hydrogen-bond acceptors (Lipinski definition) is 8. The van der Waals surface area contributed by atoms with Crippen molar-refractivity contribution in [3.8, 4) is 5.75 Å². The fourth-order valence-electron chi connectivity index (χ4n) is 4.63. The summed E-state index contributed by atoms with van der Waals surface area (Å²) in [6.07, 6.45) is 1.92. The summed E-state index contributed by atoms with van der Waals surface area (Å²) in [6, 6.07) is 14.1. The third-order valence-corrected chi connectivity index (χ3v) is 7.55. The van der Waals surface area contributed by atoms with Gasteiger partial charge in [0.2, 0.25) is 0 Å². The molecule has 2 aliphatic heterocycles. The molecular weight excluding hydrogens is 480 g/mol. The lowest BCUT2D eigenvalue weighted by Crippen LogP contribution is -2.45. The number of para-hydroxylation sites is 1. The molecule has 190 valence electrons. The Bertz CT molecular complexity index is 1300. The molecule has 0 radical (unpaired) electrons. The molecule has 0 saturated carbocycles. The number of rotatable bonds is 9. The van der Waals surface area contributed by atoms with Crippen LogP contribution in [-0.2, 0) is 11.2 Å². The number of aliphatic hydroxyl groups excluding tert-OH is 1. The minimum Gasteiger partial charge on any atom is -0.489 e. The molecule has 1 fully saturated rings. The molecule has 1 unspecified atom stereocenters. The Kier molecular flexibility index (Phi) is 7.30. The lowest BCUT2D eigenvalue weighted by Gasteiger charge is -2.34. The first-order valence-corrected chi connectivity index (χ1v) is 13.0. The summed E-state index contributed by atoms with van der Waals surface area (Å²) in [5, 5.41) is 14.0. The van der Waals surface area contributed by atoms with Gasteiger partial charge >= 0.3 is 5.69 Å². The van der Waals surface area contributed by atoms with E-state index in [2.05, 4.69) is 49.4 Å². The van der Waals surface area contributed by atoms with Gasteiger partial charge in [-0.25, -0.2) is 4.79 Å².